The number of nitrogens with one attached hydrogen (secondary N) is 1. The minimum Gasteiger partial charge on any atom is -0.481 e. The quantitative estimate of drug-likeness (QED) is 0.719. The van der Waals surface area contributed by atoms with Gasteiger partial charge < -0.3 is 10.1 Å². The van der Waals surface area contributed by atoms with Gasteiger partial charge in [0.2, 0.25) is 0 Å². The first-order valence-electron chi connectivity index (χ1n) is 4.00. The van der Waals surface area contributed by atoms with E-state index in [0.717, 1.165) is 5.69 Å². The number of rotatable bonds is 3. The molecule has 13 heavy (non-hydrogen) atoms. The standard InChI is InChI=1S/C8H12N2O3/c1-5(3-7(11)12)10-6(2)4-9-8(10)13/h4-5H,3H2,1-2H3,(H,9,13)(H,11,12). The van der Waals surface area contributed by atoms with Crippen molar-refractivity contribution in [2.45, 2.75) is 26.3 Å². The molecule has 0 radical (unpaired) electrons. The molecule has 0 saturated heterocycles. The first-order chi connectivity index (χ1) is 6.02. The fourth-order valence-corrected chi connectivity index (χ4v) is 1.36. The maximum Gasteiger partial charge on any atom is 0.325 e. The second-order valence-electron chi connectivity index (χ2n) is 3.05. The van der Waals surface area contributed by atoms with E-state index >= 15 is 0 Å². The largest absolute Gasteiger partial charge is 0.481 e. The van der Waals surface area contributed by atoms with Gasteiger partial charge in [-0.2, -0.15) is 0 Å². The number of imidazole rings is 1. The molecule has 1 rings (SSSR count). The van der Waals surface area contributed by atoms with Crippen LogP contribution in [-0.4, -0.2) is 20.6 Å². The number of carbonyl (C=O) groups is 1. The van der Waals surface area contributed by atoms with Crippen LogP contribution in [0.3, 0.4) is 0 Å². The van der Waals surface area contributed by atoms with Gasteiger partial charge >= 0.3 is 11.7 Å². The van der Waals surface area contributed by atoms with Crippen LogP contribution in [0, 0.1) is 6.92 Å². The summed E-state index contributed by atoms with van der Waals surface area (Å²) in [5.74, 6) is -0.903. The molecule has 0 bridgehead atoms. The van der Waals surface area contributed by atoms with Crippen molar-refractivity contribution in [3.8, 4) is 0 Å². The Hall–Kier alpha value is -1.52. The van der Waals surface area contributed by atoms with Crippen LogP contribution >= 0.6 is 0 Å². The van der Waals surface area contributed by atoms with E-state index in [1.165, 1.54) is 4.57 Å². The molecule has 2 N–H and O–H groups in total. The molecule has 0 aliphatic heterocycles. The SMILES string of the molecule is Cc1c[nH]c(=O)n1C(C)CC(=O)O. The normalized spacial score (nSPS) is 12.8. The zero-order valence-corrected chi connectivity index (χ0v) is 7.57. The smallest absolute Gasteiger partial charge is 0.325 e. The van der Waals surface area contributed by atoms with Crippen LogP contribution in [0.15, 0.2) is 11.0 Å². The predicted molar refractivity (Wildman–Crippen MR) is 46.8 cm³/mol. The highest BCUT2D eigenvalue weighted by atomic mass is 16.4. The maximum atomic E-state index is 11.2. The van der Waals surface area contributed by atoms with E-state index in [1.54, 1.807) is 20.0 Å². The Morgan fingerprint density at radius 1 is 1.77 bits per heavy atom. The number of aromatic nitrogens is 2. The number of carboxylic acids is 1. The third kappa shape index (κ3) is 1.99. The van der Waals surface area contributed by atoms with Crippen LogP contribution in [0.25, 0.3) is 0 Å². The Bertz CT molecular complexity index is 364. The number of hydrogen-bond donors (Lipinski definition) is 2. The van der Waals surface area contributed by atoms with E-state index in [-0.39, 0.29) is 18.2 Å². The van der Waals surface area contributed by atoms with Crippen molar-refractivity contribution >= 4 is 5.97 Å². The van der Waals surface area contributed by atoms with Gasteiger partial charge in [-0.05, 0) is 13.8 Å². The summed E-state index contributed by atoms with van der Waals surface area (Å²) in [5.41, 5.74) is 0.491. The van der Waals surface area contributed by atoms with Gasteiger partial charge in [-0.25, -0.2) is 4.79 Å². The topological polar surface area (TPSA) is 75.1 Å². The lowest BCUT2D eigenvalue weighted by molar-refractivity contribution is -0.137. The average Bonchev–Trinajstić information content (AvgIpc) is 2.29. The Kier molecular flexibility index (Phi) is 2.55. The zero-order chi connectivity index (χ0) is 10.0. The number of hydrogen-bond acceptors (Lipinski definition) is 2. The zero-order valence-electron chi connectivity index (χ0n) is 7.57. The van der Waals surface area contributed by atoms with Gasteiger partial charge in [0.05, 0.1) is 6.42 Å². The molecule has 1 aromatic rings. The predicted octanol–water partition coefficient (Wildman–Crippen LogP) is 0.521. The van der Waals surface area contributed by atoms with Gasteiger partial charge in [0.15, 0.2) is 0 Å². The van der Waals surface area contributed by atoms with Crippen molar-refractivity contribution in [1.29, 1.82) is 0 Å². The number of aryl methyl sites for hydroxylation is 1. The first kappa shape index (κ1) is 9.57. The number of nitrogens with zero attached hydrogens (tertiary/aromatic N) is 1. The fourth-order valence-electron chi connectivity index (χ4n) is 1.36. The summed E-state index contributed by atoms with van der Waals surface area (Å²) in [6, 6.07) is -0.309. The molecule has 0 aliphatic rings. The number of aliphatic carboxylic acids is 1. The van der Waals surface area contributed by atoms with E-state index in [0.29, 0.717) is 0 Å². The monoisotopic (exact) mass is 184 g/mol. The van der Waals surface area contributed by atoms with Crippen LogP contribution in [0.1, 0.15) is 25.1 Å². The second-order valence-corrected chi connectivity index (χ2v) is 3.05. The summed E-state index contributed by atoms with van der Waals surface area (Å²) in [4.78, 5) is 24.1. The van der Waals surface area contributed by atoms with Crippen LogP contribution < -0.4 is 5.69 Å². The Balaban J connectivity index is 2.94. The molecule has 72 valence electrons. The molecule has 5 heteroatoms. The van der Waals surface area contributed by atoms with Crippen molar-refractivity contribution in [1.82, 2.24) is 9.55 Å². The molecule has 5 nitrogen and oxygen atoms in total. The van der Waals surface area contributed by atoms with Crippen molar-refractivity contribution in [2.24, 2.45) is 0 Å². The van der Waals surface area contributed by atoms with E-state index < -0.39 is 5.97 Å². The van der Waals surface area contributed by atoms with Gasteiger partial charge in [0, 0.05) is 17.9 Å². The van der Waals surface area contributed by atoms with Crippen LogP contribution in [0.2, 0.25) is 0 Å². The number of H-pyrrole nitrogens is 1. The van der Waals surface area contributed by atoms with E-state index in [1.807, 2.05) is 0 Å². The second kappa shape index (κ2) is 3.47. The lowest BCUT2D eigenvalue weighted by Crippen LogP contribution is -2.23. The van der Waals surface area contributed by atoms with E-state index in [2.05, 4.69) is 4.98 Å². The van der Waals surface area contributed by atoms with Crippen LogP contribution in [0.5, 0.6) is 0 Å². The summed E-state index contributed by atoms with van der Waals surface area (Å²) in [7, 11) is 0. The third-order valence-electron chi connectivity index (χ3n) is 1.91. The molecule has 1 heterocycles. The van der Waals surface area contributed by atoms with Crippen molar-refractivity contribution in [3.63, 3.8) is 0 Å². The Labute approximate surface area is 75.0 Å². The molecule has 0 aliphatic carbocycles. The van der Waals surface area contributed by atoms with Crippen LogP contribution in [0.4, 0.5) is 0 Å². The molecule has 1 atom stereocenters. The minimum atomic E-state index is -0.903. The maximum absolute atomic E-state index is 11.2. The third-order valence-corrected chi connectivity index (χ3v) is 1.91. The van der Waals surface area contributed by atoms with E-state index in [9.17, 15) is 9.59 Å². The molecule has 1 unspecified atom stereocenters. The number of aromatic amines is 1. The van der Waals surface area contributed by atoms with Gasteiger partial charge in [0.1, 0.15) is 0 Å². The first-order valence-corrected chi connectivity index (χ1v) is 4.00. The summed E-state index contributed by atoms with van der Waals surface area (Å²) in [6.45, 7) is 3.46. The Morgan fingerprint density at radius 2 is 2.38 bits per heavy atom. The van der Waals surface area contributed by atoms with E-state index in [4.69, 9.17) is 5.11 Å². The lowest BCUT2D eigenvalue weighted by atomic mass is 10.2. The summed E-state index contributed by atoms with van der Waals surface area (Å²) in [6.07, 6.45) is 1.53. The molecule has 1 aromatic heterocycles. The molecular formula is C8H12N2O3. The summed E-state index contributed by atoms with van der Waals surface area (Å²) >= 11 is 0. The van der Waals surface area contributed by atoms with Crippen molar-refractivity contribution < 1.29 is 9.90 Å². The van der Waals surface area contributed by atoms with Gasteiger partial charge in [-0.15, -0.1) is 0 Å². The van der Waals surface area contributed by atoms with Crippen LogP contribution in [-0.2, 0) is 4.79 Å². The molecule has 0 amide bonds. The molecule has 0 fully saturated rings. The van der Waals surface area contributed by atoms with Crippen molar-refractivity contribution in [2.75, 3.05) is 0 Å². The molecule has 0 aromatic carbocycles. The lowest BCUT2D eigenvalue weighted by Gasteiger charge is -2.10. The number of carboxylic acid groups (broad SMARTS) is 1. The van der Waals surface area contributed by atoms with Crippen molar-refractivity contribution in [3.05, 3.63) is 22.4 Å². The molecular weight excluding hydrogens is 172 g/mol. The highest BCUT2D eigenvalue weighted by molar-refractivity contribution is 5.67. The highest BCUT2D eigenvalue weighted by Crippen LogP contribution is 2.09. The fraction of sp³-hybridized carbons (Fsp3) is 0.500. The average molecular weight is 184 g/mol. The highest BCUT2D eigenvalue weighted by Gasteiger charge is 2.13. The summed E-state index contributed by atoms with van der Waals surface area (Å²) < 4.78 is 1.44. The molecule has 0 spiro atoms. The van der Waals surface area contributed by atoms with Gasteiger partial charge in [-0.1, -0.05) is 0 Å². The summed E-state index contributed by atoms with van der Waals surface area (Å²) in [5, 5.41) is 8.54. The molecule has 0 saturated carbocycles. The minimum absolute atomic E-state index is 0.0431. The van der Waals surface area contributed by atoms with Gasteiger partial charge in [0.25, 0.3) is 0 Å². The van der Waals surface area contributed by atoms with Gasteiger partial charge in [-0.3, -0.25) is 9.36 Å². The Morgan fingerprint density at radius 3 is 2.77 bits per heavy atom.